The van der Waals surface area contributed by atoms with Crippen LogP contribution >= 0.6 is 11.6 Å². The lowest BCUT2D eigenvalue weighted by molar-refractivity contribution is 0.0539. The predicted molar refractivity (Wildman–Crippen MR) is 128 cm³/mol. The highest BCUT2D eigenvalue weighted by Crippen LogP contribution is 2.31. The molecule has 1 fully saturated rings. The summed E-state index contributed by atoms with van der Waals surface area (Å²) in [5.41, 5.74) is 0.985. The van der Waals surface area contributed by atoms with Crippen molar-refractivity contribution in [2.45, 2.75) is 25.8 Å². The zero-order chi connectivity index (χ0) is 24.5. The summed E-state index contributed by atoms with van der Waals surface area (Å²) in [7, 11) is 0. The first kappa shape index (κ1) is 23.2. The number of rotatable bonds is 5. The number of likely N-dealkylation sites (tertiary alicyclic amines) is 1. The SMILES string of the molecule is CC1CCCN(C(=O)c2cc(F)cc(F)c2-c2ncccn2)C1CNc1nc2cc(Cl)ccc2o1. The molecule has 0 bridgehead atoms. The number of carbonyl (C=O) groups is 1. The molecule has 1 amide bonds. The summed E-state index contributed by atoms with van der Waals surface area (Å²) in [5.74, 6) is -2.04. The number of anilines is 1. The van der Waals surface area contributed by atoms with Crippen LogP contribution < -0.4 is 5.32 Å². The summed E-state index contributed by atoms with van der Waals surface area (Å²) in [4.78, 5) is 27.9. The zero-order valence-electron chi connectivity index (χ0n) is 18.8. The van der Waals surface area contributed by atoms with E-state index in [-0.39, 0.29) is 28.9 Å². The van der Waals surface area contributed by atoms with Gasteiger partial charge in [0.2, 0.25) is 0 Å². The van der Waals surface area contributed by atoms with Crippen molar-refractivity contribution in [2.24, 2.45) is 5.92 Å². The summed E-state index contributed by atoms with van der Waals surface area (Å²) in [5, 5.41) is 3.72. The lowest BCUT2D eigenvalue weighted by atomic mass is 9.89. The van der Waals surface area contributed by atoms with Crippen LogP contribution in [0.15, 0.2) is 53.2 Å². The van der Waals surface area contributed by atoms with Gasteiger partial charge in [-0.25, -0.2) is 18.7 Å². The average molecular weight is 498 g/mol. The standard InChI is InChI=1S/C25H22ClF2N5O2/c1-14-4-2-9-33(20(14)13-31-25-32-19-10-15(26)5-6-21(19)35-25)24(34)17-11-16(27)12-18(28)22(17)23-29-7-3-8-30-23/h3,5-8,10-12,14,20H,2,4,9,13H2,1H3,(H,31,32). The average Bonchev–Trinajstić information content (AvgIpc) is 3.24. The fourth-order valence-electron chi connectivity index (χ4n) is 4.53. The number of piperidine rings is 1. The van der Waals surface area contributed by atoms with Gasteiger partial charge in [-0.1, -0.05) is 18.5 Å². The van der Waals surface area contributed by atoms with Crippen molar-refractivity contribution < 1.29 is 18.0 Å². The number of aromatic nitrogens is 3. The number of oxazole rings is 1. The van der Waals surface area contributed by atoms with E-state index in [1.165, 1.54) is 12.4 Å². The highest BCUT2D eigenvalue weighted by Gasteiger charge is 2.34. The molecule has 3 heterocycles. The van der Waals surface area contributed by atoms with E-state index >= 15 is 0 Å². The fraction of sp³-hybridized carbons (Fsp3) is 0.280. The molecular formula is C25H22ClF2N5O2. The van der Waals surface area contributed by atoms with Crippen LogP contribution in [0.4, 0.5) is 14.8 Å². The van der Waals surface area contributed by atoms with E-state index in [1.54, 1.807) is 29.2 Å². The van der Waals surface area contributed by atoms with Crippen molar-refractivity contribution in [3.63, 3.8) is 0 Å². The summed E-state index contributed by atoms with van der Waals surface area (Å²) >= 11 is 6.03. The monoisotopic (exact) mass is 497 g/mol. The van der Waals surface area contributed by atoms with Gasteiger partial charge in [0.05, 0.1) is 17.2 Å². The Labute approximate surface area is 205 Å². The topological polar surface area (TPSA) is 84.2 Å². The first-order valence-electron chi connectivity index (χ1n) is 11.3. The molecule has 0 aliphatic carbocycles. The summed E-state index contributed by atoms with van der Waals surface area (Å²) < 4.78 is 34.8. The van der Waals surface area contributed by atoms with Crippen LogP contribution in [-0.4, -0.2) is 44.9 Å². The van der Waals surface area contributed by atoms with Gasteiger partial charge in [-0.3, -0.25) is 4.79 Å². The van der Waals surface area contributed by atoms with Gasteiger partial charge in [0.1, 0.15) is 17.2 Å². The highest BCUT2D eigenvalue weighted by molar-refractivity contribution is 6.31. The van der Waals surface area contributed by atoms with Gasteiger partial charge in [-0.15, -0.1) is 0 Å². The first-order chi connectivity index (χ1) is 16.9. The van der Waals surface area contributed by atoms with Crippen molar-refractivity contribution in [1.82, 2.24) is 19.9 Å². The second-order valence-corrected chi connectivity index (χ2v) is 9.02. The predicted octanol–water partition coefficient (Wildman–Crippen LogP) is 5.57. The number of hydrogen-bond donors (Lipinski definition) is 1. The third-order valence-electron chi connectivity index (χ3n) is 6.26. The Morgan fingerprint density at radius 3 is 2.83 bits per heavy atom. The summed E-state index contributed by atoms with van der Waals surface area (Å²) in [6, 6.07) is 8.57. The van der Waals surface area contributed by atoms with Crippen LogP contribution in [-0.2, 0) is 0 Å². The van der Waals surface area contributed by atoms with Crippen molar-refractivity contribution in [1.29, 1.82) is 0 Å². The smallest absolute Gasteiger partial charge is 0.295 e. The molecule has 0 saturated carbocycles. The maximum Gasteiger partial charge on any atom is 0.295 e. The molecule has 2 aromatic carbocycles. The Morgan fingerprint density at radius 2 is 2.03 bits per heavy atom. The molecule has 0 radical (unpaired) electrons. The molecular weight excluding hydrogens is 476 g/mol. The molecule has 0 spiro atoms. The van der Waals surface area contributed by atoms with Gasteiger partial charge in [0, 0.05) is 36.6 Å². The molecule has 10 heteroatoms. The van der Waals surface area contributed by atoms with E-state index in [4.69, 9.17) is 16.0 Å². The number of benzene rings is 2. The van der Waals surface area contributed by atoms with Gasteiger partial charge in [0.15, 0.2) is 11.4 Å². The molecule has 35 heavy (non-hydrogen) atoms. The molecule has 4 aromatic rings. The Kier molecular flexibility index (Phi) is 6.34. The second-order valence-electron chi connectivity index (χ2n) is 8.58. The minimum atomic E-state index is -0.885. The first-order valence-corrected chi connectivity index (χ1v) is 11.7. The number of fused-ring (bicyclic) bond motifs is 1. The van der Waals surface area contributed by atoms with Gasteiger partial charge in [-0.2, -0.15) is 4.98 Å². The number of amides is 1. The minimum absolute atomic E-state index is 0.0261. The third kappa shape index (κ3) is 4.68. The van der Waals surface area contributed by atoms with Crippen LogP contribution in [0.5, 0.6) is 0 Å². The maximum atomic E-state index is 14.9. The summed E-state index contributed by atoms with van der Waals surface area (Å²) in [6.07, 6.45) is 4.58. The summed E-state index contributed by atoms with van der Waals surface area (Å²) in [6.45, 7) is 2.85. The van der Waals surface area contributed by atoms with Crippen molar-refractivity contribution in [3.8, 4) is 11.4 Å². The van der Waals surface area contributed by atoms with Gasteiger partial charge in [0.25, 0.3) is 11.9 Å². The van der Waals surface area contributed by atoms with E-state index in [0.29, 0.717) is 35.2 Å². The van der Waals surface area contributed by atoms with Crippen LogP contribution in [0.3, 0.4) is 0 Å². The van der Waals surface area contributed by atoms with E-state index in [9.17, 15) is 13.6 Å². The molecule has 5 rings (SSSR count). The second kappa shape index (κ2) is 9.58. The third-order valence-corrected chi connectivity index (χ3v) is 6.50. The number of hydrogen-bond acceptors (Lipinski definition) is 6. The maximum absolute atomic E-state index is 14.9. The number of nitrogens with zero attached hydrogens (tertiary/aromatic N) is 4. The van der Waals surface area contributed by atoms with E-state index in [2.05, 4.69) is 20.3 Å². The highest BCUT2D eigenvalue weighted by atomic mass is 35.5. The van der Waals surface area contributed by atoms with E-state index < -0.39 is 17.5 Å². The Balaban J connectivity index is 1.44. The quantitative estimate of drug-likeness (QED) is 0.388. The Morgan fingerprint density at radius 1 is 1.23 bits per heavy atom. The lowest BCUT2D eigenvalue weighted by Gasteiger charge is -2.40. The van der Waals surface area contributed by atoms with Crippen molar-refractivity contribution in [3.05, 3.63) is 71.0 Å². The Hall–Kier alpha value is -3.59. The van der Waals surface area contributed by atoms with Crippen molar-refractivity contribution in [2.75, 3.05) is 18.4 Å². The molecule has 1 saturated heterocycles. The van der Waals surface area contributed by atoms with Gasteiger partial charge in [-0.05, 0) is 49.1 Å². The number of halogens is 3. The van der Waals surface area contributed by atoms with Crippen LogP contribution in [0.2, 0.25) is 5.02 Å². The molecule has 1 aliphatic heterocycles. The number of nitrogens with one attached hydrogen (secondary N) is 1. The van der Waals surface area contributed by atoms with Gasteiger partial charge >= 0.3 is 0 Å². The number of carbonyl (C=O) groups excluding carboxylic acids is 1. The zero-order valence-corrected chi connectivity index (χ0v) is 19.6. The Bertz CT molecular complexity index is 1380. The molecule has 2 unspecified atom stereocenters. The largest absolute Gasteiger partial charge is 0.424 e. The van der Waals surface area contributed by atoms with Crippen LogP contribution in [0.25, 0.3) is 22.5 Å². The van der Waals surface area contributed by atoms with Crippen LogP contribution in [0.1, 0.15) is 30.1 Å². The van der Waals surface area contributed by atoms with Crippen LogP contribution in [0, 0.1) is 17.6 Å². The fourth-order valence-corrected chi connectivity index (χ4v) is 4.70. The van der Waals surface area contributed by atoms with Gasteiger partial charge < -0.3 is 14.6 Å². The normalized spacial score (nSPS) is 18.1. The molecule has 7 nitrogen and oxygen atoms in total. The molecule has 2 aromatic heterocycles. The van der Waals surface area contributed by atoms with Crippen molar-refractivity contribution >= 4 is 34.6 Å². The molecule has 1 N–H and O–H groups in total. The van der Waals surface area contributed by atoms with E-state index in [1.807, 2.05) is 6.92 Å². The van der Waals surface area contributed by atoms with E-state index in [0.717, 1.165) is 25.0 Å². The molecule has 1 aliphatic rings. The molecule has 180 valence electrons. The minimum Gasteiger partial charge on any atom is -0.424 e. The molecule has 2 atom stereocenters. The lowest BCUT2D eigenvalue weighted by Crippen LogP contribution is -2.51.